The molecule has 0 aliphatic heterocycles. The molecule has 0 radical (unpaired) electrons. The van der Waals surface area contributed by atoms with E-state index in [1.807, 2.05) is 0 Å². The third-order valence-electron chi connectivity index (χ3n) is 4.63. The van der Waals surface area contributed by atoms with Crippen LogP contribution in [0.4, 0.5) is 0 Å². The molecule has 0 saturated heterocycles. The van der Waals surface area contributed by atoms with Gasteiger partial charge in [-0.05, 0) is 76.9 Å². The first-order chi connectivity index (χ1) is 9.13. The van der Waals surface area contributed by atoms with Crippen molar-refractivity contribution in [3.05, 3.63) is 20.8 Å². The molecule has 108 valence electrons. The largest absolute Gasteiger partial charge is 0.310 e. The molecular formula is C16H26BrNS. The molecule has 0 amide bonds. The molecule has 1 atom stereocenters. The second-order valence-corrected chi connectivity index (χ2v) is 7.73. The fourth-order valence-electron chi connectivity index (χ4n) is 3.41. The van der Waals surface area contributed by atoms with Crippen LogP contribution in [0.3, 0.4) is 0 Å². The lowest BCUT2D eigenvalue weighted by atomic mass is 9.73. The van der Waals surface area contributed by atoms with Gasteiger partial charge in [-0.1, -0.05) is 20.8 Å². The molecule has 1 fully saturated rings. The van der Waals surface area contributed by atoms with Crippen molar-refractivity contribution in [2.45, 2.75) is 52.5 Å². The van der Waals surface area contributed by atoms with Gasteiger partial charge in [0.2, 0.25) is 0 Å². The molecule has 1 heterocycles. The lowest BCUT2D eigenvalue weighted by Crippen LogP contribution is -2.31. The van der Waals surface area contributed by atoms with Gasteiger partial charge >= 0.3 is 0 Å². The predicted octanol–water partition coefficient (Wildman–Crippen LogP) is 5.62. The number of hydrogen-bond donors (Lipinski definition) is 1. The molecule has 1 aliphatic carbocycles. The summed E-state index contributed by atoms with van der Waals surface area (Å²) in [7, 11) is 0. The van der Waals surface area contributed by atoms with Crippen molar-refractivity contribution in [3.8, 4) is 0 Å². The Morgan fingerprint density at radius 3 is 2.32 bits per heavy atom. The van der Waals surface area contributed by atoms with Crippen molar-refractivity contribution in [3.63, 3.8) is 0 Å². The third kappa shape index (κ3) is 3.83. The number of thiophene rings is 1. The van der Waals surface area contributed by atoms with Gasteiger partial charge in [0.1, 0.15) is 0 Å². The minimum absolute atomic E-state index is 0.540. The van der Waals surface area contributed by atoms with Crippen molar-refractivity contribution in [1.29, 1.82) is 0 Å². The van der Waals surface area contributed by atoms with E-state index in [0.717, 1.165) is 24.3 Å². The predicted molar refractivity (Wildman–Crippen MR) is 88.7 cm³/mol. The first-order valence-electron chi connectivity index (χ1n) is 7.58. The molecule has 1 aromatic rings. The highest BCUT2D eigenvalue weighted by Gasteiger charge is 2.30. The van der Waals surface area contributed by atoms with Crippen LogP contribution in [0.1, 0.15) is 58.1 Å². The average molecular weight is 344 g/mol. The summed E-state index contributed by atoms with van der Waals surface area (Å²) in [5.41, 5.74) is 1.47. The molecule has 1 unspecified atom stereocenters. The van der Waals surface area contributed by atoms with E-state index in [9.17, 15) is 0 Å². The van der Waals surface area contributed by atoms with Crippen LogP contribution in [-0.4, -0.2) is 6.54 Å². The van der Waals surface area contributed by atoms with Crippen molar-refractivity contribution in [2.24, 2.45) is 17.8 Å². The molecule has 0 spiro atoms. The SMILES string of the molecule is CCNC(c1cscc1Br)C1CCC(C(C)C)CC1. The van der Waals surface area contributed by atoms with E-state index < -0.39 is 0 Å². The van der Waals surface area contributed by atoms with E-state index in [2.05, 4.69) is 52.8 Å². The van der Waals surface area contributed by atoms with Gasteiger partial charge in [-0.15, -0.1) is 0 Å². The summed E-state index contributed by atoms with van der Waals surface area (Å²) in [6.45, 7) is 8.02. The van der Waals surface area contributed by atoms with Gasteiger partial charge in [-0.2, -0.15) is 11.3 Å². The quantitative estimate of drug-likeness (QED) is 0.731. The molecule has 0 bridgehead atoms. The van der Waals surface area contributed by atoms with Gasteiger partial charge in [0.25, 0.3) is 0 Å². The maximum atomic E-state index is 3.72. The average Bonchev–Trinajstić information content (AvgIpc) is 2.82. The second-order valence-electron chi connectivity index (χ2n) is 6.13. The molecular weight excluding hydrogens is 318 g/mol. The topological polar surface area (TPSA) is 12.0 Å². The number of halogens is 1. The zero-order valence-electron chi connectivity index (χ0n) is 12.3. The van der Waals surface area contributed by atoms with Crippen LogP contribution in [-0.2, 0) is 0 Å². The lowest BCUT2D eigenvalue weighted by molar-refractivity contribution is 0.190. The number of rotatable bonds is 5. The molecule has 1 saturated carbocycles. The Morgan fingerprint density at radius 2 is 1.84 bits per heavy atom. The second kappa shape index (κ2) is 7.24. The minimum atomic E-state index is 0.540. The van der Waals surface area contributed by atoms with Crippen LogP contribution in [0.25, 0.3) is 0 Å². The molecule has 1 aromatic heterocycles. The van der Waals surface area contributed by atoms with Crippen LogP contribution in [0, 0.1) is 17.8 Å². The third-order valence-corrected chi connectivity index (χ3v) is 6.38. The van der Waals surface area contributed by atoms with E-state index in [-0.39, 0.29) is 0 Å². The van der Waals surface area contributed by atoms with E-state index in [1.165, 1.54) is 35.7 Å². The summed E-state index contributed by atoms with van der Waals surface area (Å²) >= 11 is 5.51. The molecule has 3 heteroatoms. The summed E-state index contributed by atoms with van der Waals surface area (Å²) in [5.74, 6) is 2.61. The van der Waals surface area contributed by atoms with Gasteiger partial charge < -0.3 is 5.32 Å². The maximum absolute atomic E-state index is 3.72. The Kier molecular flexibility index (Phi) is 5.91. The molecule has 19 heavy (non-hydrogen) atoms. The van der Waals surface area contributed by atoms with Gasteiger partial charge in [0, 0.05) is 15.9 Å². The van der Waals surface area contributed by atoms with Gasteiger partial charge in [0.05, 0.1) is 0 Å². The summed E-state index contributed by atoms with van der Waals surface area (Å²) in [5, 5.41) is 8.24. The number of nitrogens with one attached hydrogen (secondary N) is 1. The zero-order valence-corrected chi connectivity index (χ0v) is 14.7. The normalized spacial score (nSPS) is 25.7. The standard InChI is InChI=1S/C16H26BrNS/c1-4-18-16(14-9-19-10-15(14)17)13-7-5-12(6-8-13)11(2)3/h9-13,16,18H,4-8H2,1-3H3. The van der Waals surface area contributed by atoms with Crippen LogP contribution < -0.4 is 5.32 Å². The highest BCUT2D eigenvalue weighted by atomic mass is 79.9. The monoisotopic (exact) mass is 343 g/mol. The fourth-order valence-corrected chi connectivity index (χ4v) is 4.99. The Morgan fingerprint density at radius 1 is 1.21 bits per heavy atom. The van der Waals surface area contributed by atoms with Crippen LogP contribution >= 0.6 is 27.3 Å². The smallest absolute Gasteiger partial charge is 0.0368 e. The van der Waals surface area contributed by atoms with E-state index in [4.69, 9.17) is 0 Å². The molecule has 0 aromatic carbocycles. The van der Waals surface area contributed by atoms with E-state index >= 15 is 0 Å². The fraction of sp³-hybridized carbons (Fsp3) is 0.750. The number of hydrogen-bond acceptors (Lipinski definition) is 2. The molecule has 1 nitrogen and oxygen atoms in total. The van der Waals surface area contributed by atoms with Crippen molar-refractivity contribution in [1.82, 2.24) is 5.32 Å². The first kappa shape index (κ1) is 15.5. The maximum Gasteiger partial charge on any atom is 0.0368 e. The van der Waals surface area contributed by atoms with E-state index in [0.29, 0.717) is 6.04 Å². The summed E-state index contributed by atoms with van der Waals surface area (Å²) in [4.78, 5) is 0. The molecule has 1 N–H and O–H groups in total. The summed E-state index contributed by atoms with van der Waals surface area (Å²) < 4.78 is 1.29. The highest BCUT2D eigenvalue weighted by molar-refractivity contribution is 9.10. The Balaban J connectivity index is 2.03. The van der Waals surface area contributed by atoms with Crippen molar-refractivity contribution >= 4 is 27.3 Å². The molecule has 1 aliphatic rings. The van der Waals surface area contributed by atoms with Gasteiger partial charge in [-0.3, -0.25) is 0 Å². The van der Waals surface area contributed by atoms with E-state index in [1.54, 1.807) is 11.3 Å². The Hall–Kier alpha value is 0.140. The van der Waals surface area contributed by atoms with Crippen molar-refractivity contribution in [2.75, 3.05) is 6.54 Å². The Bertz CT molecular complexity index is 380. The summed E-state index contributed by atoms with van der Waals surface area (Å²) in [6, 6.07) is 0.540. The Labute approximate surface area is 130 Å². The van der Waals surface area contributed by atoms with Gasteiger partial charge in [-0.25, -0.2) is 0 Å². The van der Waals surface area contributed by atoms with Crippen molar-refractivity contribution < 1.29 is 0 Å². The first-order valence-corrected chi connectivity index (χ1v) is 9.32. The van der Waals surface area contributed by atoms with Crippen LogP contribution in [0.2, 0.25) is 0 Å². The minimum Gasteiger partial charge on any atom is -0.310 e. The van der Waals surface area contributed by atoms with Gasteiger partial charge in [0.15, 0.2) is 0 Å². The lowest BCUT2D eigenvalue weighted by Gasteiger charge is -2.36. The highest BCUT2D eigenvalue weighted by Crippen LogP contribution is 2.41. The van der Waals surface area contributed by atoms with Crippen LogP contribution in [0.15, 0.2) is 15.2 Å². The summed E-state index contributed by atoms with van der Waals surface area (Å²) in [6.07, 6.45) is 5.57. The zero-order chi connectivity index (χ0) is 13.8. The molecule has 2 rings (SSSR count). The van der Waals surface area contributed by atoms with Crippen LogP contribution in [0.5, 0.6) is 0 Å².